The van der Waals surface area contributed by atoms with Gasteiger partial charge in [-0.3, -0.25) is 0 Å². The van der Waals surface area contributed by atoms with E-state index in [1.165, 1.54) is 5.75 Å². The van der Waals surface area contributed by atoms with Gasteiger partial charge in [0, 0.05) is 24.4 Å². The number of nitrogens with one attached hydrogen (secondary N) is 1. The van der Waals surface area contributed by atoms with Crippen molar-refractivity contribution in [1.29, 1.82) is 0 Å². The predicted molar refractivity (Wildman–Crippen MR) is 64.0 cm³/mol. The van der Waals surface area contributed by atoms with E-state index in [4.69, 9.17) is 4.74 Å². The van der Waals surface area contributed by atoms with E-state index < -0.39 is 0 Å². The minimum atomic E-state index is 0.0645. The number of rotatable bonds is 4. The van der Waals surface area contributed by atoms with Crippen LogP contribution in [0.1, 0.15) is 33.6 Å². The van der Waals surface area contributed by atoms with Gasteiger partial charge in [-0.1, -0.05) is 0 Å². The second kappa shape index (κ2) is 5.38. The van der Waals surface area contributed by atoms with Gasteiger partial charge >= 0.3 is 0 Å². The molecule has 1 heterocycles. The lowest BCUT2D eigenvalue weighted by atomic mass is 9.93. The van der Waals surface area contributed by atoms with Gasteiger partial charge < -0.3 is 10.1 Å². The Labute approximate surface area is 92.2 Å². The topological polar surface area (TPSA) is 21.3 Å². The molecular weight excluding hydrogens is 194 g/mol. The first-order valence-electron chi connectivity index (χ1n) is 5.42. The van der Waals surface area contributed by atoms with E-state index in [1.807, 2.05) is 11.8 Å². The molecule has 0 saturated carbocycles. The lowest BCUT2D eigenvalue weighted by Crippen LogP contribution is -2.47. The third-order valence-corrected chi connectivity index (χ3v) is 3.47. The van der Waals surface area contributed by atoms with Crippen molar-refractivity contribution < 1.29 is 4.74 Å². The highest BCUT2D eigenvalue weighted by Gasteiger charge is 2.29. The number of ether oxygens (including phenoxy) is 1. The third-order valence-electron chi connectivity index (χ3n) is 2.63. The molecule has 0 aromatic carbocycles. The summed E-state index contributed by atoms with van der Waals surface area (Å²) in [4.78, 5) is 0. The van der Waals surface area contributed by atoms with Gasteiger partial charge in [0.05, 0.1) is 5.60 Å². The Balaban J connectivity index is 2.30. The summed E-state index contributed by atoms with van der Waals surface area (Å²) in [6, 6.07) is 1.25. The molecule has 0 aliphatic carbocycles. The molecule has 0 spiro atoms. The summed E-state index contributed by atoms with van der Waals surface area (Å²) in [5, 5.41) is 3.67. The Bertz CT molecular complexity index is 173. The summed E-state index contributed by atoms with van der Waals surface area (Å²) >= 11 is 1.90. The second-order valence-electron chi connectivity index (χ2n) is 4.82. The van der Waals surface area contributed by atoms with Crippen LogP contribution in [-0.4, -0.2) is 36.3 Å². The summed E-state index contributed by atoms with van der Waals surface area (Å²) < 4.78 is 5.69. The zero-order valence-corrected chi connectivity index (χ0v) is 10.6. The molecule has 14 heavy (non-hydrogen) atoms. The van der Waals surface area contributed by atoms with Crippen LogP contribution >= 0.6 is 11.8 Å². The van der Waals surface area contributed by atoms with Crippen LogP contribution < -0.4 is 5.32 Å². The molecule has 1 rings (SSSR count). The van der Waals surface area contributed by atoms with Crippen LogP contribution in [0.2, 0.25) is 0 Å². The quantitative estimate of drug-likeness (QED) is 0.780. The van der Waals surface area contributed by atoms with Gasteiger partial charge in [0.25, 0.3) is 0 Å². The lowest BCUT2D eigenvalue weighted by Gasteiger charge is -2.37. The Morgan fingerprint density at radius 3 is 2.86 bits per heavy atom. The van der Waals surface area contributed by atoms with Crippen molar-refractivity contribution in [3.8, 4) is 0 Å². The Hall–Kier alpha value is 0.270. The molecule has 0 amide bonds. The normalized spacial score (nSPS) is 28.7. The second-order valence-corrected chi connectivity index (χ2v) is 5.73. The van der Waals surface area contributed by atoms with Crippen LogP contribution in [-0.2, 0) is 4.74 Å². The molecule has 2 atom stereocenters. The molecule has 0 aromatic heterocycles. The van der Waals surface area contributed by atoms with Crippen LogP contribution in [0.5, 0.6) is 0 Å². The third kappa shape index (κ3) is 4.20. The van der Waals surface area contributed by atoms with Crippen molar-refractivity contribution in [3.63, 3.8) is 0 Å². The smallest absolute Gasteiger partial charge is 0.0641 e. The van der Waals surface area contributed by atoms with Crippen molar-refractivity contribution in [3.05, 3.63) is 0 Å². The van der Waals surface area contributed by atoms with Gasteiger partial charge in [-0.25, -0.2) is 0 Å². The zero-order valence-electron chi connectivity index (χ0n) is 9.80. The van der Waals surface area contributed by atoms with Crippen molar-refractivity contribution in [1.82, 2.24) is 5.32 Å². The van der Waals surface area contributed by atoms with Crippen LogP contribution in [0.3, 0.4) is 0 Å². The molecule has 2 unspecified atom stereocenters. The number of thioether (sulfide) groups is 1. The van der Waals surface area contributed by atoms with E-state index in [0.29, 0.717) is 12.1 Å². The van der Waals surface area contributed by atoms with Crippen LogP contribution in [0, 0.1) is 0 Å². The maximum atomic E-state index is 5.69. The van der Waals surface area contributed by atoms with E-state index in [9.17, 15) is 0 Å². The fourth-order valence-electron chi connectivity index (χ4n) is 2.07. The Morgan fingerprint density at radius 2 is 2.29 bits per heavy atom. The Morgan fingerprint density at radius 1 is 1.57 bits per heavy atom. The molecule has 3 heteroatoms. The number of hydrogen-bond acceptors (Lipinski definition) is 3. The van der Waals surface area contributed by atoms with Gasteiger partial charge in [0.15, 0.2) is 0 Å². The molecule has 0 bridgehead atoms. The first-order valence-corrected chi connectivity index (χ1v) is 6.82. The van der Waals surface area contributed by atoms with Crippen molar-refractivity contribution in [2.45, 2.75) is 51.3 Å². The standard InChI is InChI=1S/C11H23NOS/c1-9(8-14-4)12-10-5-6-13-11(2,3)7-10/h9-10,12H,5-8H2,1-4H3. The molecule has 1 aliphatic rings. The minimum Gasteiger partial charge on any atom is -0.375 e. The van der Waals surface area contributed by atoms with Gasteiger partial charge in [0.1, 0.15) is 0 Å². The average Bonchev–Trinajstić information content (AvgIpc) is 2.02. The first-order chi connectivity index (χ1) is 6.53. The van der Waals surface area contributed by atoms with Gasteiger partial charge in [0.2, 0.25) is 0 Å². The van der Waals surface area contributed by atoms with Crippen LogP contribution in [0.4, 0.5) is 0 Å². The molecule has 0 aromatic rings. The Kier molecular flexibility index (Phi) is 4.74. The molecule has 1 N–H and O–H groups in total. The number of hydrogen-bond donors (Lipinski definition) is 1. The largest absolute Gasteiger partial charge is 0.375 e. The monoisotopic (exact) mass is 217 g/mol. The summed E-state index contributed by atoms with van der Waals surface area (Å²) in [5.41, 5.74) is 0.0645. The molecule has 1 fully saturated rings. The average molecular weight is 217 g/mol. The molecular formula is C11H23NOS. The van der Waals surface area contributed by atoms with Crippen LogP contribution in [0.25, 0.3) is 0 Å². The summed E-state index contributed by atoms with van der Waals surface area (Å²) in [5.74, 6) is 1.19. The SMILES string of the molecule is CSCC(C)NC1CCOC(C)(C)C1. The van der Waals surface area contributed by atoms with Crippen molar-refractivity contribution in [2.75, 3.05) is 18.6 Å². The molecule has 1 saturated heterocycles. The van der Waals surface area contributed by atoms with Gasteiger partial charge in [-0.2, -0.15) is 11.8 Å². The van der Waals surface area contributed by atoms with E-state index in [2.05, 4.69) is 32.3 Å². The summed E-state index contributed by atoms with van der Waals surface area (Å²) in [6.07, 6.45) is 4.44. The maximum Gasteiger partial charge on any atom is 0.0641 e. The van der Waals surface area contributed by atoms with E-state index in [1.54, 1.807) is 0 Å². The molecule has 1 aliphatic heterocycles. The highest BCUT2D eigenvalue weighted by atomic mass is 32.2. The zero-order chi connectivity index (χ0) is 10.6. The minimum absolute atomic E-state index is 0.0645. The fourth-order valence-corrected chi connectivity index (χ4v) is 2.67. The van der Waals surface area contributed by atoms with E-state index in [0.717, 1.165) is 19.4 Å². The highest BCUT2D eigenvalue weighted by Crippen LogP contribution is 2.24. The van der Waals surface area contributed by atoms with Crippen molar-refractivity contribution in [2.24, 2.45) is 0 Å². The highest BCUT2D eigenvalue weighted by molar-refractivity contribution is 7.98. The fraction of sp³-hybridized carbons (Fsp3) is 1.00. The van der Waals surface area contributed by atoms with E-state index >= 15 is 0 Å². The molecule has 84 valence electrons. The van der Waals surface area contributed by atoms with E-state index in [-0.39, 0.29) is 5.60 Å². The van der Waals surface area contributed by atoms with Gasteiger partial charge in [-0.05, 0) is 39.9 Å². The van der Waals surface area contributed by atoms with Crippen molar-refractivity contribution >= 4 is 11.8 Å². The van der Waals surface area contributed by atoms with Crippen LogP contribution in [0.15, 0.2) is 0 Å². The molecule has 0 radical (unpaired) electrons. The maximum absolute atomic E-state index is 5.69. The summed E-state index contributed by atoms with van der Waals surface area (Å²) in [7, 11) is 0. The molecule has 2 nitrogen and oxygen atoms in total. The predicted octanol–water partition coefficient (Wildman–Crippen LogP) is 2.29. The van der Waals surface area contributed by atoms with Gasteiger partial charge in [-0.15, -0.1) is 0 Å². The summed E-state index contributed by atoms with van der Waals surface area (Å²) in [6.45, 7) is 7.52. The first kappa shape index (κ1) is 12.3. The lowest BCUT2D eigenvalue weighted by molar-refractivity contribution is -0.0636.